The Morgan fingerprint density at radius 2 is 1.83 bits per heavy atom. The molecule has 30 heavy (non-hydrogen) atoms. The Bertz CT molecular complexity index is 937. The Kier molecular flexibility index (Phi) is 8.98. The van der Waals surface area contributed by atoms with Crippen LogP contribution < -0.4 is 5.32 Å². The minimum atomic E-state index is -3.75. The molecular formula is C21H30FN3O4S. The number of sulfone groups is 1. The van der Waals surface area contributed by atoms with Gasteiger partial charge in [0, 0.05) is 13.1 Å². The van der Waals surface area contributed by atoms with Gasteiger partial charge >= 0.3 is 0 Å². The molecule has 9 heteroatoms. The van der Waals surface area contributed by atoms with Crippen LogP contribution in [0.3, 0.4) is 0 Å². The fraction of sp³-hybridized carbons (Fsp3) is 0.524. The summed E-state index contributed by atoms with van der Waals surface area (Å²) in [6.45, 7) is 8.72. The first-order chi connectivity index (χ1) is 14.3. The van der Waals surface area contributed by atoms with Gasteiger partial charge in [-0.2, -0.15) is 0 Å². The van der Waals surface area contributed by atoms with Crippen molar-refractivity contribution in [2.75, 3.05) is 31.9 Å². The van der Waals surface area contributed by atoms with Crippen LogP contribution in [0.2, 0.25) is 0 Å². The summed E-state index contributed by atoms with van der Waals surface area (Å²) in [4.78, 5) is 18.5. The molecule has 0 aliphatic carbocycles. The van der Waals surface area contributed by atoms with E-state index in [1.165, 1.54) is 12.1 Å². The summed E-state index contributed by atoms with van der Waals surface area (Å²) in [5, 5.41) is 2.67. The number of carbonyl (C=O) groups excluding carboxylic acids is 1. The quantitative estimate of drug-likeness (QED) is 0.547. The van der Waals surface area contributed by atoms with Gasteiger partial charge in [-0.25, -0.2) is 17.8 Å². The topological polar surface area (TPSA) is 92.5 Å². The number of amides is 1. The van der Waals surface area contributed by atoms with Crippen LogP contribution in [0.25, 0.3) is 11.5 Å². The summed E-state index contributed by atoms with van der Waals surface area (Å²) in [7, 11) is -3.75. The lowest BCUT2D eigenvalue weighted by atomic mass is 10.2. The first kappa shape index (κ1) is 24.0. The highest BCUT2D eigenvalue weighted by Gasteiger charge is 2.23. The lowest BCUT2D eigenvalue weighted by molar-refractivity contribution is -0.118. The summed E-state index contributed by atoms with van der Waals surface area (Å²) in [5.41, 5.74) is 0.337. The van der Waals surface area contributed by atoms with Crippen LogP contribution in [-0.2, 0) is 20.4 Å². The van der Waals surface area contributed by atoms with Crippen molar-refractivity contribution in [3.05, 3.63) is 41.5 Å². The van der Waals surface area contributed by atoms with Crippen molar-refractivity contribution in [1.29, 1.82) is 0 Å². The van der Waals surface area contributed by atoms with Crippen LogP contribution in [0.4, 0.5) is 4.39 Å². The Morgan fingerprint density at radius 1 is 1.17 bits per heavy atom. The van der Waals surface area contributed by atoms with Gasteiger partial charge in [0.05, 0.1) is 17.0 Å². The third-order valence-electron chi connectivity index (χ3n) is 4.53. The number of aromatic nitrogens is 1. The molecule has 0 spiro atoms. The van der Waals surface area contributed by atoms with E-state index in [1.54, 1.807) is 19.1 Å². The maximum Gasteiger partial charge on any atom is 0.235 e. The lowest BCUT2D eigenvalue weighted by Crippen LogP contribution is -2.38. The van der Waals surface area contributed by atoms with Crippen LogP contribution in [0.1, 0.15) is 38.1 Å². The van der Waals surface area contributed by atoms with Crippen molar-refractivity contribution in [2.24, 2.45) is 0 Å². The van der Waals surface area contributed by atoms with Crippen LogP contribution in [0.5, 0.6) is 0 Å². The van der Waals surface area contributed by atoms with E-state index < -0.39 is 33.1 Å². The van der Waals surface area contributed by atoms with Crippen molar-refractivity contribution in [1.82, 2.24) is 15.2 Å². The molecule has 2 rings (SSSR count). The van der Waals surface area contributed by atoms with E-state index in [0.29, 0.717) is 13.1 Å². The third kappa shape index (κ3) is 7.21. The predicted octanol–water partition coefficient (Wildman–Crippen LogP) is 2.94. The Morgan fingerprint density at radius 3 is 2.47 bits per heavy atom. The first-order valence-corrected chi connectivity index (χ1v) is 12.0. The summed E-state index contributed by atoms with van der Waals surface area (Å²) in [5.74, 6) is -1.82. The molecule has 0 fully saturated rings. The first-order valence-electron chi connectivity index (χ1n) is 10.2. The average Bonchev–Trinajstić information content (AvgIpc) is 3.01. The molecule has 1 heterocycles. The average molecular weight is 440 g/mol. The lowest BCUT2D eigenvalue weighted by Gasteiger charge is -2.20. The molecule has 1 aromatic heterocycles. The standard InChI is InChI=1S/C21H30FN3O4S/c1-4-11-25(12-5-2)13-10-23-20(26)15-30(27,28)14-19-16(3)29-21(24-19)17-8-6-7-9-18(17)22/h6-9H,4-5,10-15H2,1-3H3,(H,23,26). The molecule has 0 aliphatic heterocycles. The summed E-state index contributed by atoms with van der Waals surface area (Å²) >= 11 is 0. The van der Waals surface area contributed by atoms with Crippen molar-refractivity contribution >= 4 is 15.7 Å². The predicted molar refractivity (Wildman–Crippen MR) is 114 cm³/mol. The Hall–Kier alpha value is -2.26. The number of benzene rings is 1. The molecule has 0 aliphatic rings. The highest BCUT2D eigenvalue weighted by atomic mass is 32.2. The number of rotatable bonds is 12. The molecule has 0 atom stereocenters. The highest BCUT2D eigenvalue weighted by Crippen LogP contribution is 2.25. The molecule has 0 radical (unpaired) electrons. The van der Waals surface area contributed by atoms with Gasteiger partial charge in [-0.05, 0) is 45.0 Å². The van der Waals surface area contributed by atoms with E-state index in [0.717, 1.165) is 25.9 Å². The Balaban J connectivity index is 1.94. The van der Waals surface area contributed by atoms with Crippen molar-refractivity contribution in [3.8, 4) is 11.5 Å². The minimum absolute atomic E-state index is 0.0205. The van der Waals surface area contributed by atoms with Crippen LogP contribution in [0, 0.1) is 12.7 Å². The van der Waals surface area contributed by atoms with E-state index in [2.05, 4.69) is 29.0 Å². The van der Waals surface area contributed by atoms with Gasteiger partial charge in [-0.3, -0.25) is 4.79 Å². The molecule has 0 unspecified atom stereocenters. The van der Waals surface area contributed by atoms with Crippen molar-refractivity contribution < 1.29 is 22.0 Å². The van der Waals surface area contributed by atoms with Gasteiger partial charge in [0.2, 0.25) is 11.8 Å². The monoisotopic (exact) mass is 439 g/mol. The highest BCUT2D eigenvalue weighted by molar-refractivity contribution is 7.91. The van der Waals surface area contributed by atoms with Crippen LogP contribution >= 0.6 is 0 Å². The van der Waals surface area contributed by atoms with Gasteiger partial charge in [0.25, 0.3) is 0 Å². The second-order valence-corrected chi connectivity index (χ2v) is 9.29. The normalized spacial score (nSPS) is 11.8. The third-order valence-corrected chi connectivity index (χ3v) is 5.95. The molecular weight excluding hydrogens is 409 g/mol. The maximum atomic E-state index is 13.9. The van der Waals surface area contributed by atoms with E-state index in [9.17, 15) is 17.6 Å². The van der Waals surface area contributed by atoms with E-state index >= 15 is 0 Å². The number of nitrogens with one attached hydrogen (secondary N) is 1. The molecule has 1 N–H and O–H groups in total. The number of oxazole rings is 1. The molecule has 0 saturated carbocycles. The molecule has 2 aromatic rings. The van der Waals surface area contributed by atoms with Gasteiger partial charge < -0.3 is 14.6 Å². The summed E-state index contributed by atoms with van der Waals surface area (Å²) in [6, 6.07) is 5.97. The molecule has 1 amide bonds. The van der Waals surface area contributed by atoms with E-state index in [-0.39, 0.29) is 22.9 Å². The zero-order valence-corrected chi connectivity index (χ0v) is 18.6. The van der Waals surface area contributed by atoms with Gasteiger partial charge in [0.1, 0.15) is 17.3 Å². The molecule has 1 aromatic carbocycles. The SMILES string of the molecule is CCCN(CCC)CCNC(=O)CS(=O)(=O)Cc1nc(-c2ccccc2F)oc1C. The van der Waals surface area contributed by atoms with Crippen LogP contribution in [-0.4, -0.2) is 56.1 Å². The largest absolute Gasteiger partial charge is 0.441 e. The van der Waals surface area contributed by atoms with Crippen LogP contribution in [0.15, 0.2) is 28.7 Å². The number of nitrogens with zero attached hydrogens (tertiary/aromatic N) is 2. The fourth-order valence-electron chi connectivity index (χ4n) is 3.14. The summed E-state index contributed by atoms with van der Waals surface area (Å²) < 4.78 is 44.3. The van der Waals surface area contributed by atoms with Gasteiger partial charge in [-0.1, -0.05) is 26.0 Å². The minimum Gasteiger partial charge on any atom is -0.441 e. The van der Waals surface area contributed by atoms with E-state index in [1.807, 2.05) is 0 Å². The smallest absolute Gasteiger partial charge is 0.235 e. The molecule has 0 bridgehead atoms. The number of aryl methyl sites for hydroxylation is 1. The second-order valence-electron chi connectivity index (χ2n) is 7.23. The van der Waals surface area contributed by atoms with Gasteiger partial charge in [-0.15, -0.1) is 0 Å². The molecule has 0 saturated heterocycles. The van der Waals surface area contributed by atoms with E-state index in [4.69, 9.17) is 4.42 Å². The van der Waals surface area contributed by atoms with Gasteiger partial charge in [0.15, 0.2) is 9.84 Å². The number of hydrogen-bond acceptors (Lipinski definition) is 6. The number of halogens is 1. The molecule has 166 valence electrons. The maximum absolute atomic E-state index is 13.9. The van der Waals surface area contributed by atoms with Crippen molar-refractivity contribution in [3.63, 3.8) is 0 Å². The number of carbonyl (C=O) groups is 1. The Labute approximate surface area is 177 Å². The zero-order valence-electron chi connectivity index (χ0n) is 17.8. The van der Waals surface area contributed by atoms with Crippen molar-refractivity contribution in [2.45, 2.75) is 39.4 Å². The number of hydrogen-bond donors (Lipinski definition) is 1. The summed E-state index contributed by atoms with van der Waals surface area (Å²) in [6.07, 6.45) is 2.04. The zero-order chi connectivity index (χ0) is 22.1. The molecule has 7 nitrogen and oxygen atoms in total. The second kappa shape index (κ2) is 11.2. The fourth-order valence-corrected chi connectivity index (χ4v) is 4.43.